The zero-order valence-electron chi connectivity index (χ0n) is 14.5. The maximum atomic E-state index is 12.7. The zero-order chi connectivity index (χ0) is 17.8. The van der Waals surface area contributed by atoms with Crippen LogP contribution in [0.3, 0.4) is 0 Å². The molecule has 7 nitrogen and oxygen atoms in total. The van der Waals surface area contributed by atoms with Crippen molar-refractivity contribution in [2.75, 3.05) is 5.32 Å². The molecule has 3 heterocycles. The molecule has 4 rings (SSSR count). The van der Waals surface area contributed by atoms with E-state index in [1.54, 1.807) is 22.7 Å². The first-order valence-corrected chi connectivity index (χ1v) is 7.98. The summed E-state index contributed by atoms with van der Waals surface area (Å²) in [6.07, 6.45) is 1.53. The third kappa shape index (κ3) is 2.67. The van der Waals surface area contributed by atoms with Crippen molar-refractivity contribution in [3.63, 3.8) is 0 Å². The molecule has 128 valence electrons. The van der Waals surface area contributed by atoms with Crippen molar-refractivity contribution in [2.24, 2.45) is 0 Å². The van der Waals surface area contributed by atoms with Gasteiger partial charge < -0.3 is 14.8 Å². The molecular weight excluding hydrogens is 320 g/mol. The van der Waals surface area contributed by atoms with E-state index >= 15 is 0 Å². The Morgan fingerprint density at radius 1 is 1.16 bits per heavy atom. The second kappa shape index (κ2) is 5.20. The van der Waals surface area contributed by atoms with E-state index in [0.29, 0.717) is 28.4 Å². The lowest BCUT2D eigenvalue weighted by molar-refractivity contribution is -0.0431. The summed E-state index contributed by atoms with van der Waals surface area (Å²) < 4.78 is 13.0. The van der Waals surface area contributed by atoms with Gasteiger partial charge in [-0.3, -0.25) is 4.79 Å². The topological polar surface area (TPSA) is 77.8 Å². The summed E-state index contributed by atoms with van der Waals surface area (Å²) in [5.74, 6) is 0.289. The molecule has 0 saturated heterocycles. The van der Waals surface area contributed by atoms with Crippen molar-refractivity contribution >= 4 is 17.2 Å². The molecule has 1 N–H and O–H groups in total. The van der Waals surface area contributed by atoms with E-state index in [9.17, 15) is 4.79 Å². The lowest BCUT2D eigenvalue weighted by Crippen LogP contribution is -2.29. The smallest absolute Gasteiger partial charge is 0.261 e. The van der Waals surface area contributed by atoms with Gasteiger partial charge in [0.05, 0.1) is 6.20 Å². The van der Waals surface area contributed by atoms with Crippen LogP contribution in [0.25, 0.3) is 5.65 Å². The van der Waals surface area contributed by atoms with Crippen LogP contribution in [0, 0.1) is 13.8 Å². The molecule has 0 bridgehead atoms. The zero-order valence-corrected chi connectivity index (χ0v) is 14.5. The van der Waals surface area contributed by atoms with Crippen LogP contribution < -0.4 is 14.8 Å². The number of carbonyl (C=O) groups excluding carboxylic acids is 1. The van der Waals surface area contributed by atoms with Crippen LogP contribution >= 0.6 is 0 Å². The van der Waals surface area contributed by atoms with Crippen molar-refractivity contribution in [1.29, 1.82) is 0 Å². The third-order valence-electron chi connectivity index (χ3n) is 3.94. The summed E-state index contributed by atoms with van der Waals surface area (Å²) in [7, 11) is 0. The molecule has 25 heavy (non-hydrogen) atoms. The molecule has 0 fully saturated rings. The molecule has 1 aliphatic rings. The predicted octanol–water partition coefficient (Wildman–Crippen LogP) is 3.11. The largest absolute Gasteiger partial charge is 0.449 e. The van der Waals surface area contributed by atoms with Crippen molar-refractivity contribution < 1.29 is 14.3 Å². The van der Waals surface area contributed by atoms with Crippen LogP contribution in [0.1, 0.15) is 35.6 Å². The Balaban J connectivity index is 1.64. The molecule has 3 aromatic rings. The molecule has 0 saturated carbocycles. The first kappa shape index (κ1) is 15.4. The van der Waals surface area contributed by atoms with E-state index in [1.807, 2.05) is 33.8 Å². The molecule has 7 heteroatoms. The number of nitrogens with zero attached hydrogens (tertiary/aromatic N) is 3. The number of ether oxygens (including phenoxy) is 2. The number of anilines is 1. The minimum atomic E-state index is -0.702. The minimum Gasteiger partial charge on any atom is -0.449 e. The van der Waals surface area contributed by atoms with E-state index in [1.165, 1.54) is 6.20 Å². The van der Waals surface area contributed by atoms with Gasteiger partial charge >= 0.3 is 0 Å². The number of aromatic nitrogens is 3. The number of benzene rings is 1. The fraction of sp³-hybridized carbons (Fsp3) is 0.278. The maximum absolute atomic E-state index is 12.7. The van der Waals surface area contributed by atoms with Gasteiger partial charge in [-0.15, -0.1) is 0 Å². The van der Waals surface area contributed by atoms with Crippen LogP contribution in [0.15, 0.2) is 30.5 Å². The van der Waals surface area contributed by atoms with E-state index in [0.717, 1.165) is 11.4 Å². The Morgan fingerprint density at radius 3 is 2.72 bits per heavy atom. The van der Waals surface area contributed by atoms with E-state index in [-0.39, 0.29) is 5.91 Å². The van der Waals surface area contributed by atoms with Gasteiger partial charge in [-0.25, -0.2) is 9.50 Å². The molecule has 0 radical (unpaired) electrons. The van der Waals surface area contributed by atoms with Gasteiger partial charge in [0.1, 0.15) is 5.56 Å². The molecule has 0 atom stereocenters. The standard InChI is InChI=1S/C18H18N4O3/c1-10-7-11(2)22-16(20-10)13(9-19-22)17(23)21-12-5-6-14-15(8-12)25-18(3,4)24-14/h5-9H,1-4H3,(H,21,23). The predicted molar refractivity (Wildman–Crippen MR) is 92.2 cm³/mol. The van der Waals surface area contributed by atoms with Crippen molar-refractivity contribution in [3.8, 4) is 11.5 Å². The second-order valence-electron chi connectivity index (χ2n) is 6.55. The Bertz CT molecular complexity index is 1010. The van der Waals surface area contributed by atoms with Crippen LogP contribution in [0.5, 0.6) is 11.5 Å². The quantitative estimate of drug-likeness (QED) is 0.777. The highest BCUT2D eigenvalue weighted by atomic mass is 16.7. The van der Waals surface area contributed by atoms with Crippen molar-refractivity contribution in [3.05, 3.63) is 47.4 Å². The van der Waals surface area contributed by atoms with Crippen LogP contribution in [-0.2, 0) is 0 Å². The average molecular weight is 338 g/mol. The van der Waals surface area contributed by atoms with E-state index in [2.05, 4.69) is 15.4 Å². The number of hydrogen-bond acceptors (Lipinski definition) is 5. The number of amides is 1. The Hall–Kier alpha value is -3.09. The first-order chi connectivity index (χ1) is 11.8. The van der Waals surface area contributed by atoms with Gasteiger partial charge in [-0.05, 0) is 32.0 Å². The SMILES string of the molecule is Cc1cc(C)n2ncc(C(=O)Nc3ccc4c(c3)OC(C)(C)O4)c2n1. The summed E-state index contributed by atoms with van der Waals surface area (Å²) in [5.41, 5.74) is 3.34. The molecular formula is C18H18N4O3. The summed E-state index contributed by atoms with van der Waals surface area (Å²) >= 11 is 0. The van der Waals surface area contributed by atoms with Gasteiger partial charge in [0.2, 0.25) is 5.79 Å². The molecule has 0 aliphatic carbocycles. The molecule has 0 spiro atoms. The molecule has 0 unspecified atom stereocenters. The van der Waals surface area contributed by atoms with Crippen LogP contribution in [-0.4, -0.2) is 26.3 Å². The fourth-order valence-corrected chi connectivity index (χ4v) is 2.93. The lowest BCUT2D eigenvalue weighted by atomic mass is 10.2. The summed E-state index contributed by atoms with van der Waals surface area (Å²) in [4.78, 5) is 17.1. The lowest BCUT2D eigenvalue weighted by Gasteiger charge is -2.16. The number of hydrogen-bond donors (Lipinski definition) is 1. The van der Waals surface area contributed by atoms with Gasteiger partial charge in [0, 0.05) is 37.0 Å². The summed E-state index contributed by atoms with van der Waals surface area (Å²) in [6, 6.07) is 7.22. The van der Waals surface area contributed by atoms with Gasteiger partial charge in [-0.2, -0.15) is 5.10 Å². The first-order valence-electron chi connectivity index (χ1n) is 7.98. The van der Waals surface area contributed by atoms with Gasteiger partial charge in [0.15, 0.2) is 17.1 Å². The monoisotopic (exact) mass is 338 g/mol. The van der Waals surface area contributed by atoms with Crippen molar-refractivity contribution in [2.45, 2.75) is 33.5 Å². The second-order valence-corrected chi connectivity index (χ2v) is 6.55. The highest BCUT2D eigenvalue weighted by molar-refractivity contribution is 6.08. The van der Waals surface area contributed by atoms with E-state index in [4.69, 9.17) is 9.47 Å². The fourth-order valence-electron chi connectivity index (χ4n) is 2.93. The van der Waals surface area contributed by atoms with E-state index < -0.39 is 5.79 Å². The van der Waals surface area contributed by atoms with Crippen molar-refractivity contribution in [1.82, 2.24) is 14.6 Å². The Kier molecular flexibility index (Phi) is 3.21. The maximum Gasteiger partial charge on any atom is 0.261 e. The average Bonchev–Trinajstić information content (AvgIpc) is 3.06. The highest BCUT2D eigenvalue weighted by Gasteiger charge is 2.31. The number of rotatable bonds is 2. The normalized spacial score (nSPS) is 14.7. The Labute approximate surface area is 144 Å². The molecule has 2 aromatic heterocycles. The van der Waals surface area contributed by atoms with Gasteiger partial charge in [-0.1, -0.05) is 0 Å². The third-order valence-corrected chi connectivity index (χ3v) is 3.94. The highest BCUT2D eigenvalue weighted by Crippen LogP contribution is 2.40. The molecule has 1 aliphatic heterocycles. The van der Waals surface area contributed by atoms with Crippen LogP contribution in [0.4, 0.5) is 5.69 Å². The number of carbonyl (C=O) groups is 1. The molecule has 1 amide bonds. The minimum absolute atomic E-state index is 0.273. The number of nitrogens with one attached hydrogen (secondary N) is 1. The summed E-state index contributed by atoms with van der Waals surface area (Å²) in [6.45, 7) is 7.48. The number of fused-ring (bicyclic) bond motifs is 2. The van der Waals surface area contributed by atoms with Crippen LogP contribution in [0.2, 0.25) is 0 Å². The number of aryl methyl sites for hydroxylation is 2. The van der Waals surface area contributed by atoms with Gasteiger partial charge in [0.25, 0.3) is 5.91 Å². The summed E-state index contributed by atoms with van der Waals surface area (Å²) in [5, 5.41) is 7.11. The molecule has 1 aromatic carbocycles. The Morgan fingerprint density at radius 2 is 1.92 bits per heavy atom.